The Morgan fingerprint density at radius 2 is 1.79 bits per heavy atom. The second-order valence-electron chi connectivity index (χ2n) is 4.96. The number of ether oxygens (including phenoxy) is 1. The van der Waals surface area contributed by atoms with Gasteiger partial charge in [-0.05, 0) is 17.5 Å². The van der Waals surface area contributed by atoms with Crippen LogP contribution in [0.5, 0.6) is 0 Å². The van der Waals surface area contributed by atoms with E-state index in [4.69, 9.17) is 4.74 Å². The van der Waals surface area contributed by atoms with Crippen LogP contribution in [-0.2, 0) is 17.7 Å². The summed E-state index contributed by atoms with van der Waals surface area (Å²) < 4.78 is 5.38. The van der Waals surface area contributed by atoms with E-state index in [1.165, 1.54) is 11.1 Å². The number of benzene rings is 1. The molecule has 0 saturated carbocycles. The second-order valence-corrected chi connectivity index (χ2v) is 4.96. The van der Waals surface area contributed by atoms with E-state index in [-0.39, 0.29) is 24.8 Å². The number of morpholine rings is 1. The molecule has 5 heteroatoms. The van der Waals surface area contributed by atoms with Crippen LogP contribution in [0.4, 0.5) is 0 Å². The Hall–Kier alpha value is -0.320. The molecule has 0 amide bonds. The maximum Gasteiger partial charge on any atom is 0.0594 e. The molecule has 1 N–H and O–H groups in total. The molecule has 0 aromatic heterocycles. The molecule has 0 bridgehead atoms. The molecule has 2 heterocycles. The van der Waals surface area contributed by atoms with Gasteiger partial charge in [0.15, 0.2) is 0 Å². The summed E-state index contributed by atoms with van der Waals surface area (Å²) in [5, 5.41) is 3.64. The minimum absolute atomic E-state index is 0. The monoisotopic (exact) mass is 304 g/mol. The van der Waals surface area contributed by atoms with Gasteiger partial charge in [-0.15, -0.1) is 24.8 Å². The number of rotatable bonds is 2. The van der Waals surface area contributed by atoms with E-state index >= 15 is 0 Å². The molecule has 2 aliphatic rings. The highest BCUT2D eigenvalue weighted by Crippen LogP contribution is 2.16. The smallest absolute Gasteiger partial charge is 0.0594 e. The van der Waals surface area contributed by atoms with Crippen molar-refractivity contribution in [3.8, 4) is 0 Å². The molecule has 3 nitrogen and oxygen atoms in total. The quantitative estimate of drug-likeness (QED) is 0.903. The van der Waals surface area contributed by atoms with Gasteiger partial charge in [0, 0.05) is 32.2 Å². The minimum atomic E-state index is 0. The molecule has 1 aromatic rings. The molecule has 1 fully saturated rings. The van der Waals surface area contributed by atoms with Gasteiger partial charge in [-0.2, -0.15) is 0 Å². The lowest BCUT2D eigenvalue weighted by Crippen LogP contribution is -2.47. The molecule has 0 aliphatic carbocycles. The van der Waals surface area contributed by atoms with Crippen molar-refractivity contribution >= 4 is 24.8 Å². The molecule has 1 unspecified atom stereocenters. The van der Waals surface area contributed by atoms with Crippen LogP contribution >= 0.6 is 24.8 Å². The van der Waals surface area contributed by atoms with E-state index < -0.39 is 0 Å². The Kier molecular flexibility index (Phi) is 7.11. The standard InChI is InChI=1S/C14H20N2O.2ClH/c1-2-4-13-10-15-14(9-12(13)3-1)11-16-5-7-17-8-6-16;;/h1-4,14-15H,5-11H2;2*1H. The summed E-state index contributed by atoms with van der Waals surface area (Å²) in [6.45, 7) is 6.12. The molecule has 2 aliphatic heterocycles. The van der Waals surface area contributed by atoms with Gasteiger partial charge in [0.05, 0.1) is 13.2 Å². The first-order valence-electron chi connectivity index (χ1n) is 6.52. The Morgan fingerprint density at radius 1 is 1.11 bits per heavy atom. The largest absolute Gasteiger partial charge is 0.379 e. The van der Waals surface area contributed by atoms with Crippen LogP contribution < -0.4 is 5.32 Å². The molecule has 108 valence electrons. The van der Waals surface area contributed by atoms with Crippen molar-refractivity contribution in [2.75, 3.05) is 32.8 Å². The number of hydrogen-bond donors (Lipinski definition) is 1. The van der Waals surface area contributed by atoms with Gasteiger partial charge in [-0.1, -0.05) is 24.3 Å². The summed E-state index contributed by atoms with van der Waals surface area (Å²) in [6.07, 6.45) is 1.16. The predicted molar refractivity (Wildman–Crippen MR) is 82.5 cm³/mol. The lowest BCUT2D eigenvalue weighted by atomic mass is 9.95. The van der Waals surface area contributed by atoms with E-state index in [0.717, 1.165) is 45.8 Å². The zero-order valence-corrected chi connectivity index (χ0v) is 12.6. The minimum Gasteiger partial charge on any atom is -0.379 e. The average Bonchev–Trinajstić information content (AvgIpc) is 2.40. The van der Waals surface area contributed by atoms with Crippen LogP contribution in [0.2, 0.25) is 0 Å². The maximum absolute atomic E-state index is 5.38. The molecule has 1 saturated heterocycles. The zero-order chi connectivity index (χ0) is 11.5. The third-order valence-corrected chi connectivity index (χ3v) is 3.75. The highest BCUT2D eigenvalue weighted by Gasteiger charge is 2.20. The first-order chi connectivity index (χ1) is 8.42. The number of hydrogen-bond acceptors (Lipinski definition) is 3. The maximum atomic E-state index is 5.38. The van der Waals surface area contributed by atoms with Gasteiger partial charge in [0.2, 0.25) is 0 Å². The molecule has 1 atom stereocenters. The third kappa shape index (κ3) is 4.33. The van der Waals surface area contributed by atoms with Crippen molar-refractivity contribution in [1.29, 1.82) is 0 Å². The Bertz CT molecular complexity index is 383. The van der Waals surface area contributed by atoms with Crippen molar-refractivity contribution in [2.45, 2.75) is 19.0 Å². The average molecular weight is 305 g/mol. The summed E-state index contributed by atoms with van der Waals surface area (Å²) in [5.74, 6) is 0. The highest BCUT2D eigenvalue weighted by atomic mass is 35.5. The summed E-state index contributed by atoms with van der Waals surface area (Å²) in [4.78, 5) is 2.51. The van der Waals surface area contributed by atoms with E-state index in [1.54, 1.807) is 0 Å². The molecule has 0 spiro atoms. The van der Waals surface area contributed by atoms with Crippen molar-refractivity contribution in [3.05, 3.63) is 35.4 Å². The summed E-state index contributed by atoms with van der Waals surface area (Å²) in [6, 6.07) is 9.37. The summed E-state index contributed by atoms with van der Waals surface area (Å²) in [7, 11) is 0. The molecular weight excluding hydrogens is 283 g/mol. The second kappa shape index (κ2) is 8.08. The van der Waals surface area contributed by atoms with E-state index in [2.05, 4.69) is 34.5 Å². The summed E-state index contributed by atoms with van der Waals surface area (Å²) >= 11 is 0. The molecule has 19 heavy (non-hydrogen) atoms. The van der Waals surface area contributed by atoms with Crippen LogP contribution in [0.3, 0.4) is 0 Å². The Labute approximate surface area is 127 Å². The third-order valence-electron chi connectivity index (χ3n) is 3.75. The van der Waals surface area contributed by atoms with E-state index in [1.807, 2.05) is 0 Å². The van der Waals surface area contributed by atoms with Crippen LogP contribution in [0.1, 0.15) is 11.1 Å². The topological polar surface area (TPSA) is 24.5 Å². The molecular formula is C14H22Cl2N2O. The normalized spacial score (nSPS) is 22.8. The molecule has 0 radical (unpaired) electrons. The first-order valence-corrected chi connectivity index (χ1v) is 6.52. The van der Waals surface area contributed by atoms with Crippen LogP contribution in [0.15, 0.2) is 24.3 Å². The molecule has 1 aromatic carbocycles. The van der Waals surface area contributed by atoms with E-state index in [9.17, 15) is 0 Å². The Balaban J connectivity index is 0.000000902. The van der Waals surface area contributed by atoms with Gasteiger partial charge in [0.1, 0.15) is 0 Å². The van der Waals surface area contributed by atoms with Crippen molar-refractivity contribution in [1.82, 2.24) is 10.2 Å². The van der Waals surface area contributed by atoms with Crippen LogP contribution in [0.25, 0.3) is 0 Å². The SMILES string of the molecule is Cl.Cl.c1ccc2c(c1)CNC(CN1CCOCC1)C2. The van der Waals surface area contributed by atoms with Crippen LogP contribution in [-0.4, -0.2) is 43.8 Å². The molecule has 3 rings (SSSR count). The van der Waals surface area contributed by atoms with Crippen molar-refractivity contribution in [3.63, 3.8) is 0 Å². The number of nitrogens with zero attached hydrogens (tertiary/aromatic N) is 1. The summed E-state index contributed by atoms with van der Waals surface area (Å²) in [5.41, 5.74) is 2.98. The van der Waals surface area contributed by atoms with E-state index in [0.29, 0.717) is 6.04 Å². The fourth-order valence-corrected chi connectivity index (χ4v) is 2.75. The van der Waals surface area contributed by atoms with Crippen molar-refractivity contribution in [2.24, 2.45) is 0 Å². The van der Waals surface area contributed by atoms with Gasteiger partial charge in [-0.25, -0.2) is 0 Å². The lowest BCUT2D eigenvalue weighted by molar-refractivity contribution is 0.0331. The predicted octanol–water partition coefficient (Wildman–Crippen LogP) is 1.88. The highest BCUT2D eigenvalue weighted by molar-refractivity contribution is 5.85. The van der Waals surface area contributed by atoms with Gasteiger partial charge >= 0.3 is 0 Å². The van der Waals surface area contributed by atoms with Gasteiger partial charge < -0.3 is 10.1 Å². The number of fused-ring (bicyclic) bond motifs is 1. The fraction of sp³-hybridized carbons (Fsp3) is 0.571. The first kappa shape index (κ1) is 16.7. The zero-order valence-electron chi connectivity index (χ0n) is 11.0. The fourth-order valence-electron chi connectivity index (χ4n) is 2.75. The number of nitrogens with one attached hydrogen (secondary N) is 1. The van der Waals surface area contributed by atoms with Gasteiger partial charge in [-0.3, -0.25) is 4.90 Å². The lowest BCUT2D eigenvalue weighted by Gasteiger charge is -2.33. The van der Waals surface area contributed by atoms with Crippen molar-refractivity contribution < 1.29 is 4.74 Å². The van der Waals surface area contributed by atoms with Crippen LogP contribution in [0, 0.1) is 0 Å². The number of halogens is 2. The Morgan fingerprint density at radius 3 is 2.53 bits per heavy atom. The van der Waals surface area contributed by atoms with Gasteiger partial charge in [0.25, 0.3) is 0 Å².